The molecule has 0 unspecified atom stereocenters. The van der Waals surface area contributed by atoms with Crippen molar-refractivity contribution >= 4 is 22.5 Å². The third kappa shape index (κ3) is 3.58. The molecule has 124 valence electrons. The largest absolute Gasteiger partial charge is 0.398 e. The zero-order valence-electron chi connectivity index (χ0n) is 13.3. The van der Waals surface area contributed by atoms with E-state index < -0.39 is 0 Å². The van der Waals surface area contributed by atoms with Crippen LogP contribution in [-0.4, -0.2) is 28.6 Å². The third-order valence-electron chi connectivity index (χ3n) is 4.08. The van der Waals surface area contributed by atoms with Gasteiger partial charge in [0.05, 0.1) is 19.1 Å². The van der Waals surface area contributed by atoms with Crippen molar-refractivity contribution in [1.82, 2.24) is 10.3 Å². The lowest BCUT2D eigenvalue weighted by molar-refractivity contribution is -0.121. The number of carbonyl (C=O) groups is 1. The van der Waals surface area contributed by atoms with Crippen LogP contribution in [0.3, 0.4) is 0 Å². The van der Waals surface area contributed by atoms with Gasteiger partial charge in [-0.2, -0.15) is 0 Å². The Kier molecular flexibility index (Phi) is 4.82. The summed E-state index contributed by atoms with van der Waals surface area (Å²) in [6.07, 6.45) is 2.70. The van der Waals surface area contributed by atoms with E-state index in [1.54, 1.807) is 0 Å². The Labute approximate surface area is 140 Å². The first kappa shape index (κ1) is 16.1. The summed E-state index contributed by atoms with van der Waals surface area (Å²) in [6.45, 7) is -0.125. The van der Waals surface area contributed by atoms with Crippen LogP contribution in [0.1, 0.15) is 11.1 Å². The Morgan fingerprint density at radius 1 is 1.17 bits per heavy atom. The molecule has 0 spiro atoms. The van der Waals surface area contributed by atoms with Gasteiger partial charge in [0.2, 0.25) is 5.91 Å². The summed E-state index contributed by atoms with van der Waals surface area (Å²) in [6, 6.07) is 14.9. The minimum Gasteiger partial charge on any atom is -0.398 e. The molecule has 5 nitrogen and oxygen atoms in total. The van der Waals surface area contributed by atoms with Gasteiger partial charge in [-0.1, -0.05) is 36.4 Å². The van der Waals surface area contributed by atoms with Crippen LogP contribution in [0.2, 0.25) is 0 Å². The number of aliphatic hydroxyl groups excluding tert-OH is 1. The van der Waals surface area contributed by atoms with Gasteiger partial charge in [-0.15, -0.1) is 0 Å². The highest BCUT2D eigenvalue weighted by Crippen LogP contribution is 2.25. The molecule has 1 atom stereocenters. The molecule has 5 N–H and O–H groups in total. The highest BCUT2D eigenvalue weighted by atomic mass is 16.3. The van der Waals surface area contributed by atoms with Crippen LogP contribution in [0.25, 0.3) is 10.9 Å². The maximum atomic E-state index is 12.2. The molecule has 2 aromatic carbocycles. The van der Waals surface area contributed by atoms with E-state index in [-0.39, 0.29) is 18.6 Å². The zero-order valence-corrected chi connectivity index (χ0v) is 13.3. The Bertz CT molecular complexity index is 827. The maximum absolute atomic E-state index is 12.2. The molecule has 0 aliphatic carbocycles. The standard InChI is InChI=1S/C19H21N3O2/c20-16-7-4-8-17-19(16)14(11-21-17)10-15(12-23)22-18(24)9-13-5-2-1-3-6-13/h1-8,11,15,21,23H,9-10,12,20H2,(H,22,24)/t15-/m1/s1. The number of nitrogens with two attached hydrogens (primary N) is 1. The van der Waals surface area contributed by atoms with Crippen molar-refractivity contribution in [2.75, 3.05) is 12.3 Å². The highest BCUT2D eigenvalue weighted by Gasteiger charge is 2.15. The van der Waals surface area contributed by atoms with E-state index >= 15 is 0 Å². The zero-order chi connectivity index (χ0) is 16.9. The number of rotatable bonds is 6. The number of aliphatic hydroxyl groups is 1. The Morgan fingerprint density at radius 2 is 1.96 bits per heavy atom. The second-order valence-electron chi connectivity index (χ2n) is 5.90. The number of anilines is 1. The van der Waals surface area contributed by atoms with Crippen molar-refractivity contribution in [2.24, 2.45) is 0 Å². The van der Waals surface area contributed by atoms with Crippen LogP contribution < -0.4 is 11.1 Å². The van der Waals surface area contributed by atoms with E-state index in [9.17, 15) is 9.90 Å². The Morgan fingerprint density at radius 3 is 2.71 bits per heavy atom. The van der Waals surface area contributed by atoms with Crippen molar-refractivity contribution in [3.63, 3.8) is 0 Å². The molecule has 24 heavy (non-hydrogen) atoms. The van der Waals surface area contributed by atoms with Crippen LogP contribution in [0.5, 0.6) is 0 Å². The summed E-state index contributed by atoms with van der Waals surface area (Å²) in [7, 11) is 0. The van der Waals surface area contributed by atoms with Gasteiger partial charge in [-0.3, -0.25) is 4.79 Å². The van der Waals surface area contributed by atoms with Gasteiger partial charge in [0.15, 0.2) is 0 Å². The maximum Gasteiger partial charge on any atom is 0.224 e. The summed E-state index contributed by atoms with van der Waals surface area (Å²) in [5.41, 5.74) is 9.63. The van der Waals surface area contributed by atoms with Gasteiger partial charge in [-0.05, 0) is 29.7 Å². The number of nitrogens with one attached hydrogen (secondary N) is 2. The van der Waals surface area contributed by atoms with E-state index in [0.29, 0.717) is 18.5 Å². The highest BCUT2D eigenvalue weighted by molar-refractivity contribution is 5.94. The number of carbonyl (C=O) groups excluding carboxylic acids is 1. The molecular formula is C19H21N3O2. The lowest BCUT2D eigenvalue weighted by atomic mass is 10.0. The van der Waals surface area contributed by atoms with Gasteiger partial charge < -0.3 is 21.1 Å². The number of benzene rings is 2. The summed E-state index contributed by atoms with van der Waals surface area (Å²) in [4.78, 5) is 15.4. The van der Waals surface area contributed by atoms with Crippen LogP contribution in [0.4, 0.5) is 5.69 Å². The molecule has 0 aliphatic rings. The third-order valence-corrected chi connectivity index (χ3v) is 4.08. The molecule has 0 saturated heterocycles. The predicted octanol–water partition coefficient (Wildman–Crippen LogP) is 2.01. The number of nitrogen functional groups attached to an aromatic ring is 1. The molecule has 1 amide bonds. The molecule has 3 aromatic rings. The molecule has 0 bridgehead atoms. The number of hydrogen-bond donors (Lipinski definition) is 4. The van der Waals surface area contributed by atoms with E-state index in [4.69, 9.17) is 5.73 Å². The molecular weight excluding hydrogens is 302 g/mol. The fraction of sp³-hybridized carbons (Fsp3) is 0.211. The quantitative estimate of drug-likeness (QED) is 0.523. The summed E-state index contributed by atoms with van der Waals surface area (Å²) < 4.78 is 0. The molecule has 1 aromatic heterocycles. The normalized spacial score (nSPS) is 12.2. The summed E-state index contributed by atoms with van der Waals surface area (Å²) in [5.74, 6) is -0.104. The topological polar surface area (TPSA) is 91.1 Å². The van der Waals surface area contributed by atoms with E-state index in [1.807, 2.05) is 54.7 Å². The van der Waals surface area contributed by atoms with Crippen molar-refractivity contribution in [1.29, 1.82) is 0 Å². The Hall–Kier alpha value is -2.79. The molecule has 1 heterocycles. The SMILES string of the molecule is Nc1cccc2[nH]cc(C[C@H](CO)NC(=O)Cc3ccccc3)c12. The van der Waals surface area contributed by atoms with Crippen LogP contribution in [-0.2, 0) is 17.6 Å². The fourth-order valence-corrected chi connectivity index (χ4v) is 2.93. The number of fused-ring (bicyclic) bond motifs is 1. The number of aromatic amines is 1. The van der Waals surface area contributed by atoms with Crippen LogP contribution in [0, 0.1) is 0 Å². The molecule has 3 rings (SSSR count). The average Bonchev–Trinajstić information content (AvgIpc) is 2.99. The smallest absolute Gasteiger partial charge is 0.224 e. The molecule has 0 fully saturated rings. The van der Waals surface area contributed by atoms with Gasteiger partial charge >= 0.3 is 0 Å². The second kappa shape index (κ2) is 7.19. The van der Waals surface area contributed by atoms with Crippen molar-refractivity contribution in [2.45, 2.75) is 18.9 Å². The first-order valence-corrected chi connectivity index (χ1v) is 7.96. The number of amides is 1. The first-order valence-electron chi connectivity index (χ1n) is 7.96. The van der Waals surface area contributed by atoms with E-state index in [2.05, 4.69) is 10.3 Å². The first-order chi connectivity index (χ1) is 11.7. The van der Waals surface area contributed by atoms with Gasteiger partial charge in [0, 0.05) is 22.8 Å². The van der Waals surface area contributed by atoms with Crippen molar-refractivity contribution in [3.8, 4) is 0 Å². The average molecular weight is 323 g/mol. The van der Waals surface area contributed by atoms with Gasteiger partial charge in [-0.25, -0.2) is 0 Å². The van der Waals surface area contributed by atoms with Gasteiger partial charge in [0.1, 0.15) is 0 Å². The fourth-order valence-electron chi connectivity index (χ4n) is 2.93. The lowest BCUT2D eigenvalue weighted by Gasteiger charge is -2.16. The summed E-state index contributed by atoms with van der Waals surface area (Å²) in [5, 5.41) is 13.5. The molecule has 5 heteroatoms. The van der Waals surface area contributed by atoms with Crippen LogP contribution >= 0.6 is 0 Å². The predicted molar refractivity (Wildman–Crippen MR) is 95.6 cm³/mol. The van der Waals surface area contributed by atoms with Crippen LogP contribution in [0.15, 0.2) is 54.7 Å². The monoisotopic (exact) mass is 323 g/mol. The summed E-state index contributed by atoms with van der Waals surface area (Å²) >= 11 is 0. The van der Waals surface area contributed by atoms with Crippen molar-refractivity contribution < 1.29 is 9.90 Å². The molecule has 0 aliphatic heterocycles. The lowest BCUT2D eigenvalue weighted by Crippen LogP contribution is -2.39. The van der Waals surface area contributed by atoms with E-state index in [0.717, 1.165) is 22.0 Å². The minimum atomic E-state index is -0.347. The number of hydrogen-bond acceptors (Lipinski definition) is 3. The van der Waals surface area contributed by atoms with Crippen molar-refractivity contribution in [3.05, 3.63) is 65.9 Å². The number of aromatic nitrogens is 1. The molecule has 0 saturated carbocycles. The van der Waals surface area contributed by atoms with E-state index in [1.165, 1.54) is 0 Å². The Balaban J connectivity index is 1.69. The minimum absolute atomic E-state index is 0.104. The second-order valence-corrected chi connectivity index (χ2v) is 5.90. The van der Waals surface area contributed by atoms with Gasteiger partial charge in [0.25, 0.3) is 0 Å². The molecule has 0 radical (unpaired) electrons. The number of H-pyrrole nitrogens is 1.